The quantitative estimate of drug-likeness (QED) is 0.388. The molecule has 0 N–H and O–H groups in total. The fourth-order valence-electron chi connectivity index (χ4n) is 3.10. The zero-order chi connectivity index (χ0) is 16.8. The maximum absolute atomic E-state index is 6.20. The summed E-state index contributed by atoms with van der Waals surface area (Å²) in [5.74, 6) is 0.660. The number of rotatable bonds is 2. The van der Waals surface area contributed by atoms with Crippen LogP contribution in [0.4, 0.5) is 0 Å². The van der Waals surface area contributed by atoms with E-state index in [2.05, 4.69) is 50.9 Å². The van der Waals surface area contributed by atoms with Gasteiger partial charge in [0.05, 0.1) is 16.1 Å². The van der Waals surface area contributed by atoms with E-state index in [0.717, 1.165) is 21.6 Å². The molecule has 5 rings (SSSR count). The van der Waals surface area contributed by atoms with E-state index >= 15 is 0 Å². The van der Waals surface area contributed by atoms with Crippen molar-refractivity contribution >= 4 is 43.9 Å². The lowest BCUT2D eigenvalue weighted by Crippen LogP contribution is -2.01. The van der Waals surface area contributed by atoms with E-state index in [9.17, 15) is 0 Å². The van der Waals surface area contributed by atoms with Gasteiger partial charge in [-0.1, -0.05) is 29.8 Å². The van der Waals surface area contributed by atoms with E-state index in [-0.39, 0.29) is 0 Å². The Labute approximate surface area is 153 Å². The van der Waals surface area contributed by atoms with Crippen LogP contribution < -0.4 is 0 Å². The molecular weight excluding hydrogens is 350 g/mol. The fourth-order valence-corrected chi connectivity index (χ4v) is 4.35. The highest BCUT2D eigenvalue weighted by Crippen LogP contribution is 2.38. The second kappa shape index (κ2) is 5.69. The third-order valence-electron chi connectivity index (χ3n) is 4.19. The Morgan fingerprint density at radius 1 is 0.840 bits per heavy atom. The molecule has 0 amide bonds. The molecule has 0 aliphatic rings. The molecule has 25 heavy (non-hydrogen) atoms. The van der Waals surface area contributed by atoms with Gasteiger partial charge in [-0.25, -0.2) is 9.97 Å². The van der Waals surface area contributed by atoms with Crippen molar-refractivity contribution in [3.8, 4) is 16.5 Å². The highest BCUT2D eigenvalue weighted by atomic mass is 35.5. The third kappa shape index (κ3) is 2.42. The van der Waals surface area contributed by atoms with E-state index < -0.39 is 0 Å². The first-order chi connectivity index (χ1) is 12.3. The van der Waals surface area contributed by atoms with Crippen molar-refractivity contribution in [1.82, 2.24) is 14.5 Å². The van der Waals surface area contributed by atoms with Gasteiger partial charge in [0.2, 0.25) is 5.95 Å². The Kier molecular flexibility index (Phi) is 3.33. The van der Waals surface area contributed by atoms with Crippen molar-refractivity contribution in [3.05, 3.63) is 78.1 Å². The zero-order valence-electron chi connectivity index (χ0n) is 13.1. The van der Waals surface area contributed by atoms with Gasteiger partial charge in [0.15, 0.2) is 0 Å². The standard InChI is InChI=1S/C20H12ClN3S/c21-15-6-7-16-14(10-15)11-17(24(16)20-22-8-3-9-23-20)19-12-13-4-1-2-5-18(13)25-19/h1-12H. The Hall–Kier alpha value is -2.69. The van der Waals surface area contributed by atoms with E-state index in [1.165, 1.54) is 15.0 Å². The molecule has 0 bridgehead atoms. The number of hydrogen-bond donors (Lipinski definition) is 0. The Morgan fingerprint density at radius 3 is 2.52 bits per heavy atom. The second-order valence-corrected chi connectivity index (χ2v) is 7.29. The number of halogens is 1. The van der Waals surface area contributed by atoms with Gasteiger partial charge < -0.3 is 0 Å². The van der Waals surface area contributed by atoms with Crippen LogP contribution in [0.5, 0.6) is 0 Å². The van der Waals surface area contributed by atoms with Crippen LogP contribution in [0, 0.1) is 0 Å². The van der Waals surface area contributed by atoms with Crippen LogP contribution >= 0.6 is 22.9 Å². The van der Waals surface area contributed by atoms with Crippen LogP contribution in [-0.2, 0) is 0 Å². The zero-order valence-corrected chi connectivity index (χ0v) is 14.6. The van der Waals surface area contributed by atoms with Gasteiger partial charge in [0.25, 0.3) is 0 Å². The smallest absolute Gasteiger partial charge is 0.234 e. The first kappa shape index (κ1) is 14.6. The van der Waals surface area contributed by atoms with Crippen molar-refractivity contribution in [2.45, 2.75) is 0 Å². The van der Waals surface area contributed by atoms with Gasteiger partial charge in [-0.2, -0.15) is 0 Å². The normalized spacial score (nSPS) is 11.4. The van der Waals surface area contributed by atoms with Crippen molar-refractivity contribution in [2.24, 2.45) is 0 Å². The maximum Gasteiger partial charge on any atom is 0.234 e. The predicted octanol–water partition coefficient (Wildman–Crippen LogP) is 5.96. The molecule has 3 heterocycles. The molecule has 5 aromatic rings. The van der Waals surface area contributed by atoms with Crippen molar-refractivity contribution in [3.63, 3.8) is 0 Å². The van der Waals surface area contributed by atoms with Gasteiger partial charge in [0.1, 0.15) is 0 Å². The summed E-state index contributed by atoms with van der Waals surface area (Å²) in [4.78, 5) is 10.1. The van der Waals surface area contributed by atoms with Crippen LogP contribution in [0.2, 0.25) is 5.02 Å². The number of aromatic nitrogens is 3. The number of nitrogens with zero attached hydrogens (tertiary/aromatic N) is 3. The minimum Gasteiger partial charge on any atom is -0.277 e. The Bertz CT molecular complexity index is 1170. The van der Waals surface area contributed by atoms with Crippen molar-refractivity contribution < 1.29 is 0 Å². The van der Waals surface area contributed by atoms with Gasteiger partial charge in [-0.3, -0.25) is 4.57 Å². The highest BCUT2D eigenvalue weighted by molar-refractivity contribution is 7.22. The van der Waals surface area contributed by atoms with Gasteiger partial charge >= 0.3 is 0 Å². The largest absolute Gasteiger partial charge is 0.277 e. The summed E-state index contributed by atoms with van der Waals surface area (Å²) in [5, 5.41) is 3.04. The number of fused-ring (bicyclic) bond motifs is 2. The number of thiophene rings is 1. The minimum atomic E-state index is 0.660. The molecule has 0 saturated heterocycles. The van der Waals surface area contributed by atoms with Crippen LogP contribution in [0.3, 0.4) is 0 Å². The Morgan fingerprint density at radius 2 is 1.68 bits per heavy atom. The first-order valence-electron chi connectivity index (χ1n) is 7.87. The van der Waals surface area contributed by atoms with E-state index in [0.29, 0.717) is 5.95 Å². The van der Waals surface area contributed by atoms with Crippen LogP contribution in [0.1, 0.15) is 0 Å². The molecule has 3 aromatic heterocycles. The molecule has 0 radical (unpaired) electrons. The molecule has 2 aromatic carbocycles. The summed E-state index contributed by atoms with van der Waals surface area (Å²) in [6.07, 6.45) is 3.53. The molecule has 0 spiro atoms. The minimum absolute atomic E-state index is 0.660. The molecular formula is C20H12ClN3S. The monoisotopic (exact) mass is 361 g/mol. The van der Waals surface area contributed by atoms with Crippen LogP contribution in [0.15, 0.2) is 73.1 Å². The maximum atomic E-state index is 6.20. The fraction of sp³-hybridized carbons (Fsp3) is 0. The van der Waals surface area contributed by atoms with Gasteiger partial charge in [-0.05, 0) is 47.9 Å². The molecule has 120 valence electrons. The summed E-state index contributed by atoms with van der Waals surface area (Å²) in [6, 6.07) is 20.5. The number of benzene rings is 2. The van der Waals surface area contributed by atoms with Crippen LogP contribution in [0.25, 0.3) is 37.5 Å². The number of hydrogen-bond acceptors (Lipinski definition) is 3. The summed E-state index contributed by atoms with van der Waals surface area (Å²) in [5.41, 5.74) is 2.12. The lowest BCUT2D eigenvalue weighted by Gasteiger charge is -2.07. The molecule has 0 fully saturated rings. The second-order valence-electron chi connectivity index (χ2n) is 5.77. The molecule has 5 heteroatoms. The van der Waals surface area contributed by atoms with Gasteiger partial charge in [-0.15, -0.1) is 11.3 Å². The molecule has 3 nitrogen and oxygen atoms in total. The summed E-state index contributed by atoms with van der Waals surface area (Å²) in [6.45, 7) is 0. The molecule has 0 aliphatic heterocycles. The average Bonchev–Trinajstić information content (AvgIpc) is 3.23. The van der Waals surface area contributed by atoms with E-state index in [1.807, 2.05) is 24.3 Å². The van der Waals surface area contributed by atoms with Gasteiger partial charge in [0, 0.05) is 27.5 Å². The first-order valence-corrected chi connectivity index (χ1v) is 9.06. The highest BCUT2D eigenvalue weighted by Gasteiger charge is 2.16. The lowest BCUT2D eigenvalue weighted by molar-refractivity contribution is 0.969. The van der Waals surface area contributed by atoms with E-state index in [4.69, 9.17) is 11.6 Å². The predicted molar refractivity (Wildman–Crippen MR) is 105 cm³/mol. The van der Waals surface area contributed by atoms with Crippen LogP contribution in [-0.4, -0.2) is 14.5 Å². The third-order valence-corrected chi connectivity index (χ3v) is 5.57. The summed E-state index contributed by atoms with van der Waals surface area (Å²) < 4.78 is 3.36. The molecule has 0 unspecified atom stereocenters. The molecule has 0 atom stereocenters. The SMILES string of the molecule is Clc1ccc2c(c1)cc(-c1cc3ccccc3s1)n2-c1ncccn1. The van der Waals surface area contributed by atoms with Crippen molar-refractivity contribution in [2.75, 3.05) is 0 Å². The Balaban J connectivity index is 1.85. The summed E-state index contributed by atoms with van der Waals surface area (Å²) >= 11 is 7.97. The molecule has 0 aliphatic carbocycles. The average molecular weight is 362 g/mol. The molecule has 0 saturated carbocycles. The summed E-state index contributed by atoms with van der Waals surface area (Å²) in [7, 11) is 0. The van der Waals surface area contributed by atoms with Crippen molar-refractivity contribution in [1.29, 1.82) is 0 Å². The topological polar surface area (TPSA) is 30.7 Å². The van der Waals surface area contributed by atoms with E-state index in [1.54, 1.807) is 23.7 Å². The lowest BCUT2D eigenvalue weighted by atomic mass is 10.2.